The van der Waals surface area contributed by atoms with Crippen LogP contribution in [-0.4, -0.2) is 4.98 Å². The molecule has 0 fully saturated rings. The van der Waals surface area contributed by atoms with Crippen molar-refractivity contribution < 1.29 is 4.42 Å². The minimum atomic E-state index is 0.565. The molecule has 2 N–H and O–H groups in total. The molecule has 0 spiro atoms. The van der Waals surface area contributed by atoms with Gasteiger partial charge in [-0.15, -0.1) is 0 Å². The fraction of sp³-hybridized carbons (Fsp3) is 0.182. The first-order chi connectivity index (χ1) is 6.81. The summed E-state index contributed by atoms with van der Waals surface area (Å²) in [7, 11) is 0. The highest BCUT2D eigenvalue weighted by molar-refractivity contribution is 5.59. The molecular weight excluding hydrogens is 176 g/mol. The number of nitrogens with zero attached hydrogens (tertiary/aromatic N) is 1. The van der Waals surface area contributed by atoms with Gasteiger partial charge in [0.15, 0.2) is 12.2 Å². The maximum Gasteiger partial charge on any atom is 0.181 e. The predicted octanol–water partition coefficient (Wildman–Crippen LogP) is 2.11. The van der Waals surface area contributed by atoms with E-state index >= 15 is 0 Å². The van der Waals surface area contributed by atoms with Crippen LogP contribution in [-0.2, 0) is 6.54 Å². The van der Waals surface area contributed by atoms with Gasteiger partial charge in [0.1, 0.15) is 0 Å². The van der Waals surface area contributed by atoms with Crippen LogP contribution >= 0.6 is 0 Å². The standard InChI is InChI=1S/C11H12N2O/c1-8-11(14-7-13-8)10-4-2-9(6-12)3-5-10/h2-5,7H,6,12H2,1H3. The van der Waals surface area contributed by atoms with E-state index in [4.69, 9.17) is 10.2 Å². The zero-order valence-corrected chi connectivity index (χ0v) is 8.03. The van der Waals surface area contributed by atoms with Gasteiger partial charge in [0.2, 0.25) is 0 Å². The molecule has 3 heteroatoms. The molecule has 0 amide bonds. The van der Waals surface area contributed by atoms with Gasteiger partial charge in [-0.2, -0.15) is 0 Å². The molecule has 0 aliphatic heterocycles. The molecule has 2 rings (SSSR count). The first-order valence-electron chi connectivity index (χ1n) is 4.50. The van der Waals surface area contributed by atoms with Crippen LogP contribution in [0.1, 0.15) is 11.3 Å². The van der Waals surface area contributed by atoms with E-state index < -0.39 is 0 Å². The average Bonchev–Trinajstić information content (AvgIpc) is 2.65. The Morgan fingerprint density at radius 1 is 1.29 bits per heavy atom. The molecule has 0 saturated carbocycles. The van der Waals surface area contributed by atoms with Crippen molar-refractivity contribution in [2.24, 2.45) is 5.73 Å². The molecule has 72 valence electrons. The summed E-state index contributed by atoms with van der Waals surface area (Å²) >= 11 is 0. The third-order valence-electron chi connectivity index (χ3n) is 2.20. The van der Waals surface area contributed by atoms with Gasteiger partial charge < -0.3 is 10.2 Å². The van der Waals surface area contributed by atoms with Gasteiger partial charge in [-0.25, -0.2) is 4.98 Å². The molecule has 1 heterocycles. The van der Waals surface area contributed by atoms with E-state index in [-0.39, 0.29) is 0 Å². The van der Waals surface area contributed by atoms with Crippen molar-refractivity contribution in [3.05, 3.63) is 41.9 Å². The zero-order chi connectivity index (χ0) is 9.97. The number of hydrogen-bond acceptors (Lipinski definition) is 3. The second-order valence-corrected chi connectivity index (χ2v) is 3.17. The van der Waals surface area contributed by atoms with Crippen LogP contribution in [0.2, 0.25) is 0 Å². The first-order valence-corrected chi connectivity index (χ1v) is 4.50. The van der Waals surface area contributed by atoms with Crippen molar-refractivity contribution >= 4 is 0 Å². The van der Waals surface area contributed by atoms with Crippen molar-refractivity contribution in [3.8, 4) is 11.3 Å². The molecule has 2 aromatic rings. The molecule has 1 aromatic heterocycles. The van der Waals surface area contributed by atoms with Crippen molar-refractivity contribution in [1.82, 2.24) is 4.98 Å². The Kier molecular flexibility index (Phi) is 2.33. The average molecular weight is 188 g/mol. The quantitative estimate of drug-likeness (QED) is 0.785. The largest absolute Gasteiger partial charge is 0.443 e. The van der Waals surface area contributed by atoms with Gasteiger partial charge in [0, 0.05) is 12.1 Å². The smallest absolute Gasteiger partial charge is 0.181 e. The summed E-state index contributed by atoms with van der Waals surface area (Å²) in [5.41, 5.74) is 8.58. The Bertz CT molecular complexity index is 417. The fourth-order valence-corrected chi connectivity index (χ4v) is 1.37. The van der Waals surface area contributed by atoms with Gasteiger partial charge in [0.05, 0.1) is 5.69 Å². The molecule has 0 aliphatic rings. The molecule has 0 atom stereocenters. The van der Waals surface area contributed by atoms with Gasteiger partial charge in [-0.1, -0.05) is 24.3 Å². The van der Waals surface area contributed by atoms with E-state index in [0.717, 1.165) is 22.6 Å². The van der Waals surface area contributed by atoms with E-state index in [0.29, 0.717) is 6.54 Å². The summed E-state index contributed by atoms with van der Waals surface area (Å²) in [6.07, 6.45) is 1.46. The Morgan fingerprint density at radius 2 is 2.00 bits per heavy atom. The molecule has 0 aliphatic carbocycles. The monoisotopic (exact) mass is 188 g/mol. The number of aryl methyl sites for hydroxylation is 1. The van der Waals surface area contributed by atoms with Crippen LogP contribution in [0.25, 0.3) is 11.3 Å². The lowest BCUT2D eigenvalue weighted by Crippen LogP contribution is -1.95. The number of nitrogens with two attached hydrogens (primary N) is 1. The number of benzene rings is 1. The third kappa shape index (κ3) is 1.54. The van der Waals surface area contributed by atoms with Gasteiger partial charge >= 0.3 is 0 Å². The Balaban J connectivity index is 2.39. The summed E-state index contributed by atoms with van der Waals surface area (Å²) in [5.74, 6) is 0.827. The third-order valence-corrected chi connectivity index (χ3v) is 2.20. The number of hydrogen-bond donors (Lipinski definition) is 1. The predicted molar refractivity (Wildman–Crippen MR) is 54.6 cm³/mol. The van der Waals surface area contributed by atoms with Crippen molar-refractivity contribution in [3.63, 3.8) is 0 Å². The fourth-order valence-electron chi connectivity index (χ4n) is 1.37. The van der Waals surface area contributed by atoms with E-state index in [1.54, 1.807) is 0 Å². The van der Waals surface area contributed by atoms with E-state index in [2.05, 4.69) is 4.98 Å². The molecule has 1 aromatic carbocycles. The van der Waals surface area contributed by atoms with Crippen LogP contribution < -0.4 is 5.73 Å². The normalized spacial score (nSPS) is 10.4. The summed E-state index contributed by atoms with van der Waals surface area (Å²) in [6.45, 7) is 2.49. The molecule has 0 radical (unpaired) electrons. The van der Waals surface area contributed by atoms with Crippen LogP contribution in [0.15, 0.2) is 35.1 Å². The number of oxazole rings is 1. The van der Waals surface area contributed by atoms with Crippen LogP contribution in [0.5, 0.6) is 0 Å². The molecule has 14 heavy (non-hydrogen) atoms. The summed E-state index contributed by atoms with van der Waals surface area (Å²) in [6, 6.07) is 7.99. The van der Waals surface area contributed by atoms with E-state index in [9.17, 15) is 0 Å². The topological polar surface area (TPSA) is 52.0 Å². The van der Waals surface area contributed by atoms with Gasteiger partial charge in [0.25, 0.3) is 0 Å². The van der Waals surface area contributed by atoms with E-state index in [1.165, 1.54) is 6.39 Å². The lowest BCUT2D eigenvalue weighted by atomic mass is 10.1. The van der Waals surface area contributed by atoms with Crippen LogP contribution in [0, 0.1) is 6.92 Å². The second-order valence-electron chi connectivity index (χ2n) is 3.17. The maximum atomic E-state index is 5.51. The minimum Gasteiger partial charge on any atom is -0.443 e. The maximum absolute atomic E-state index is 5.51. The molecule has 3 nitrogen and oxygen atoms in total. The first kappa shape index (κ1) is 8.97. The van der Waals surface area contributed by atoms with E-state index in [1.807, 2.05) is 31.2 Å². The minimum absolute atomic E-state index is 0.565. The summed E-state index contributed by atoms with van der Waals surface area (Å²) in [4.78, 5) is 4.04. The van der Waals surface area contributed by atoms with Crippen molar-refractivity contribution in [2.75, 3.05) is 0 Å². The lowest BCUT2D eigenvalue weighted by Gasteiger charge is -1.99. The van der Waals surface area contributed by atoms with Crippen LogP contribution in [0.3, 0.4) is 0 Å². The second kappa shape index (κ2) is 3.64. The number of aromatic nitrogens is 1. The highest BCUT2D eigenvalue weighted by Gasteiger charge is 2.05. The Morgan fingerprint density at radius 3 is 2.50 bits per heavy atom. The Labute approximate surface area is 82.6 Å². The highest BCUT2D eigenvalue weighted by Crippen LogP contribution is 2.22. The summed E-state index contributed by atoms with van der Waals surface area (Å²) < 4.78 is 5.28. The van der Waals surface area contributed by atoms with Gasteiger partial charge in [-0.3, -0.25) is 0 Å². The lowest BCUT2D eigenvalue weighted by molar-refractivity contribution is 0.571. The molecule has 0 saturated heterocycles. The SMILES string of the molecule is Cc1ncoc1-c1ccc(CN)cc1. The van der Waals surface area contributed by atoms with Crippen LogP contribution in [0.4, 0.5) is 0 Å². The highest BCUT2D eigenvalue weighted by atomic mass is 16.3. The van der Waals surface area contributed by atoms with Crippen molar-refractivity contribution in [1.29, 1.82) is 0 Å². The summed E-state index contributed by atoms with van der Waals surface area (Å²) in [5, 5.41) is 0. The molecule has 0 unspecified atom stereocenters. The molecule has 0 bridgehead atoms. The van der Waals surface area contributed by atoms with Crippen molar-refractivity contribution in [2.45, 2.75) is 13.5 Å². The number of rotatable bonds is 2. The molecular formula is C11H12N2O. The Hall–Kier alpha value is -1.61. The van der Waals surface area contributed by atoms with Gasteiger partial charge in [-0.05, 0) is 12.5 Å². The zero-order valence-electron chi connectivity index (χ0n) is 8.03.